The minimum absolute atomic E-state index is 0.619. The van der Waals surface area contributed by atoms with Gasteiger partial charge in [-0.05, 0) is 124 Å². The fraction of sp³-hybridized carbons (Fsp3) is 0.0169. The third-order valence-corrected chi connectivity index (χ3v) is 13.0. The van der Waals surface area contributed by atoms with Gasteiger partial charge in [-0.25, -0.2) is 0 Å². The molecule has 11 aromatic rings. The van der Waals surface area contributed by atoms with Crippen LogP contribution in [0.2, 0.25) is 0 Å². The lowest BCUT2D eigenvalue weighted by Crippen LogP contribution is -2.32. The predicted molar refractivity (Wildman–Crippen MR) is 258 cm³/mol. The smallest absolute Gasteiger partial charge is 0.137 e. The zero-order valence-electron chi connectivity index (χ0n) is 34.2. The molecule has 0 fully saturated rings. The van der Waals surface area contributed by atoms with E-state index in [-0.39, 0.29) is 0 Å². The van der Waals surface area contributed by atoms with Crippen molar-refractivity contribution < 1.29 is 9.15 Å². The Hall–Kier alpha value is -8.34. The molecule has 0 atom stereocenters. The van der Waals surface area contributed by atoms with E-state index in [4.69, 9.17) is 9.15 Å². The van der Waals surface area contributed by atoms with Gasteiger partial charge >= 0.3 is 0 Å². The van der Waals surface area contributed by atoms with Crippen molar-refractivity contribution in [1.82, 2.24) is 0 Å². The van der Waals surface area contributed by atoms with E-state index >= 15 is 0 Å². The first kappa shape index (κ1) is 35.4. The minimum Gasteiger partial charge on any atom is -0.457 e. The first-order valence-corrected chi connectivity index (χ1v) is 21.5. The molecule has 1 spiro atoms. The van der Waals surface area contributed by atoms with Crippen molar-refractivity contribution in [2.45, 2.75) is 5.41 Å². The average molecular weight is 807 g/mol. The minimum atomic E-state index is -0.619. The molecule has 0 radical (unpaired) electrons. The van der Waals surface area contributed by atoms with Crippen LogP contribution in [-0.2, 0) is 5.41 Å². The molecule has 4 nitrogen and oxygen atoms in total. The number of nitrogens with zero attached hydrogens (tertiary/aromatic N) is 2. The fourth-order valence-electron chi connectivity index (χ4n) is 10.5. The van der Waals surface area contributed by atoms with Crippen LogP contribution in [0.1, 0.15) is 22.3 Å². The number of hydrogen-bond donors (Lipinski definition) is 0. The molecule has 0 amide bonds. The van der Waals surface area contributed by atoms with Gasteiger partial charge in [0, 0.05) is 45.0 Å². The Morgan fingerprint density at radius 2 is 0.873 bits per heavy atom. The van der Waals surface area contributed by atoms with E-state index in [2.05, 4.69) is 240 Å². The Morgan fingerprint density at radius 3 is 1.59 bits per heavy atom. The van der Waals surface area contributed by atoms with E-state index in [1.54, 1.807) is 0 Å². The van der Waals surface area contributed by atoms with Crippen molar-refractivity contribution >= 4 is 66.8 Å². The Labute approximate surface area is 365 Å². The van der Waals surface area contributed by atoms with Crippen molar-refractivity contribution in [2.75, 3.05) is 9.80 Å². The molecule has 0 saturated heterocycles. The van der Waals surface area contributed by atoms with Gasteiger partial charge in [-0.2, -0.15) is 0 Å². The first-order valence-electron chi connectivity index (χ1n) is 21.5. The second kappa shape index (κ2) is 13.8. The summed E-state index contributed by atoms with van der Waals surface area (Å²) in [5, 5.41) is 4.44. The number of ether oxygens (including phenoxy) is 1. The molecular weight excluding hydrogens is 769 g/mol. The summed E-state index contributed by atoms with van der Waals surface area (Å²) < 4.78 is 13.6. The third-order valence-electron chi connectivity index (χ3n) is 13.0. The highest BCUT2D eigenvalue weighted by atomic mass is 16.5. The van der Waals surface area contributed by atoms with Crippen molar-refractivity contribution in [3.63, 3.8) is 0 Å². The molecule has 1 aliphatic carbocycles. The summed E-state index contributed by atoms with van der Waals surface area (Å²) in [7, 11) is 0. The normalized spacial score (nSPS) is 13.0. The Balaban J connectivity index is 1.10. The molecule has 0 bridgehead atoms. The van der Waals surface area contributed by atoms with Gasteiger partial charge in [0.15, 0.2) is 0 Å². The van der Waals surface area contributed by atoms with Crippen LogP contribution in [0, 0.1) is 0 Å². The molecule has 10 aromatic carbocycles. The summed E-state index contributed by atoms with van der Waals surface area (Å²) in [4.78, 5) is 4.73. The molecule has 296 valence electrons. The van der Waals surface area contributed by atoms with Crippen LogP contribution < -0.4 is 14.5 Å². The fourth-order valence-corrected chi connectivity index (χ4v) is 10.5. The quantitative estimate of drug-likeness (QED) is 0.167. The molecule has 4 heteroatoms. The molecule has 0 unspecified atom stereocenters. The van der Waals surface area contributed by atoms with E-state index < -0.39 is 5.41 Å². The van der Waals surface area contributed by atoms with Crippen molar-refractivity contribution in [2.24, 2.45) is 0 Å². The van der Waals surface area contributed by atoms with E-state index in [1.165, 1.54) is 27.6 Å². The monoisotopic (exact) mass is 806 g/mol. The van der Waals surface area contributed by atoms with Gasteiger partial charge in [-0.3, -0.25) is 0 Å². The van der Waals surface area contributed by atoms with E-state index in [1.807, 2.05) is 0 Å². The van der Waals surface area contributed by atoms with Crippen LogP contribution in [0.25, 0.3) is 43.8 Å². The summed E-state index contributed by atoms with van der Waals surface area (Å²) in [5.41, 5.74) is 14.5. The third kappa shape index (κ3) is 5.28. The lowest BCUT2D eigenvalue weighted by molar-refractivity contribution is 0.436. The molecule has 13 rings (SSSR count). The Morgan fingerprint density at radius 1 is 0.333 bits per heavy atom. The van der Waals surface area contributed by atoms with Crippen molar-refractivity contribution in [3.05, 3.63) is 253 Å². The maximum absolute atomic E-state index is 6.91. The molecule has 0 N–H and O–H groups in total. The first-order chi connectivity index (χ1) is 31.2. The van der Waals surface area contributed by atoms with Gasteiger partial charge in [-0.1, -0.05) is 140 Å². The molecule has 63 heavy (non-hydrogen) atoms. The largest absolute Gasteiger partial charge is 0.457 e. The lowest BCUT2D eigenvalue weighted by atomic mass is 9.66. The van der Waals surface area contributed by atoms with Gasteiger partial charge in [0.05, 0.1) is 16.5 Å². The van der Waals surface area contributed by atoms with Crippen LogP contribution in [0.15, 0.2) is 235 Å². The van der Waals surface area contributed by atoms with Crippen LogP contribution in [-0.4, -0.2) is 0 Å². The standard InChI is InChI=1S/C59H38N2O2/c1-3-19-41(20-4-1)60(42-21-5-2-6-22-42)43-23-15-24-44(37-43)61(53-30-16-32-56-58(53)48-35-39-17-7-8-18-40(39)36-57(48)63-56)45-33-34-55-52(38-45)59(51-29-13-14-31-54(51)62-55)49-27-11-9-25-46(49)47-26-10-12-28-50(47)59/h1-38H. The van der Waals surface area contributed by atoms with E-state index in [0.717, 1.165) is 84.1 Å². The molecule has 2 aliphatic rings. The molecule has 1 aromatic heterocycles. The predicted octanol–water partition coefficient (Wildman–Crippen LogP) is 16.1. The van der Waals surface area contributed by atoms with Crippen LogP contribution in [0.4, 0.5) is 34.1 Å². The zero-order valence-corrected chi connectivity index (χ0v) is 34.2. The highest BCUT2D eigenvalue weighted by molar-refractivity contribution is 6.16. The zero-order chi connectivity index (χ0) is 41.5. The maximum atomic E-state index is 6.91. The highest BCUT2D eigenvalue weighted by Gasteiger charge is 2.51. The Bertz CT molecular complexity index is 3490. The number of rotatable bonds is 6. The average Bonchev–Trinajstić information content (AvgIpc) is 3.86. The Kier molecular flexibility index (Phi) is 7.79. The SMILES string of the molecule is c1ccc(N(c2ccccc2)c2cccc(N(c3ccc4c(c3)C3(c5ccccc5O4)c4ccccc4-c4ccccc43)c3cccc4oc5cc6ccccc6cc5c34)c2)cc1. The van der Waals surface area contributed by atoms with Crippen LogP contribution >= 0.6 is 0 Å². The number of fused-ring (bicyclic) bond motifs is 13. The van der Waals surface area contributed by atoms with Gasteiger partial charge in [-0.15, -0.1) is 0 Å². The number of furan rings is 1. The van der Waals surface area contributed by atoms with Gasteiger partial charge in [0.2, 0.25) is 0 Å². The van der Waals surface area contributed by atoms with Crippen LogP contribution in [0.3, 0.4) is 0 Å². The van der Waals surface area contributed by atoms with Gasteiger partial charge < -0.3 is 19.0 Å². The second-order valence-corrected chi connectivity index (χ2v) is 16.4. The summed E-state index contributed by atoms with van der Waals surface area (Å²) in [6.07, 6.45) is 0. The second-order valence-electron chi connectivity index (χ2n) is 16.4. The van der Waals surface area contributed by atoms with Crippen LogP contribution in [0.5, 0.6) is 11.5 Å². The number of anilines is 6. The number of hydrogen-bond acceptors (Lipinski definition) is 4. The lowest BCUT2D eigenvalue weighted by Gasteiger charge is -2.40. The van der Waals surface area contributed by atoms with Crippen molar-refractivity contribution in [1.29, 1.82) is 0 Å². The molecule has 0 saturated carbocycles. The maximum Gasteiger partial charge on any atom is 0.137 e. The highest BCUT2D eigenvalue weighted by Crippen LogP contribution is 2.62. The van der Waals surface area contributed by atoms with Gasteiger partial charge in [0.25, 0.3) is 0 Å². The number of para-hydroxylation sites is 3. The van der Waals surface area contributed by atoms with E-state index in [0.29, 0.717) is 0 Å². The molecular formula is C59H38N2O2. The molecule has 1 aliphatic heterocycles. The summed E-state index contributed by atoms with van der Waals surface area (Å²) >= 11 is 0. The summed E-state index contributed by atoms with van der Waals surface area (Å²) in [5.74, 6) is 1.72. The summed E-state index contributed by atoms with van der Waals surface area (Å²) in [6.45, 7) is 0. The van der Waals surface area contributed by atoms with Crippen molar-refractivity contribution in [3.8, 4) is 22.6 Å². The summed E-state index contributed by atoms with van der Waals surface area (Å²) in [6, 6.07) is 82.5. The molecule has 2 heterocycles. The topological polar surface area (TPSA) is 28.9 Å². The number of benzene rings is 10. The van der Waals surface area contributed by atoms with Gasteiger partial charge in [0.1, 0.15) is 22.7 Å². The van der Waals surface area contributed by atoms with E-state index in [9.17, 15) is 0 Å².